The van der Waals surface area contributed by atoms with Crippen LogP contribution in [0.15, 0.2) is 42.5 Å². The number of nitrogens with one attached hydrogen (secondary N) is 4. The molecule has 0 bridgehead atoms. The number of benzene rings is 2. The van der Waals surface area contributed by atoms with Crippen molar-refractivity contribution >= 4 is 22.7 Å². The van der Waals surface area contributed by atoms with Crippen molar-refractivity contribution in [1.29, 1.82) is 0 Å². The molecule has 0 aromatic heterocycles. The molecule has 0 aliphatic carbocycles. The molecular formula is C20H28N4O2+2. The Labute approximate surface area is 154 Å². The Bertz CT molecular complexity index is 779. The lowest BCUT2D eigenvalue weighted by molar-refractivity contribution is -1.02. The summed E-state index contributed by atoms with van der Waals surface area (Å²) in [6.45, 7) is 6.81. The summed E-state index contributed by atoms with van der Waals surface area (Å²) in [7, 11) is 1.51. The third-order valence-corrected chi connectivity index (χ3v) is 5.39. The zero-order chi connectivity index (χ0) is 18.5. The van der Waals surface area contributed by atoms with Crippen molar-refractivity contribution in [3.63, 3.8) is 0 Å². The fourth-order valence-electron chi connectivity index (χ4n) is 3.72. The summed E-state index contributed by atoms with van der Waals surface area (Å²) >= 11 is 0. The van der Waals surface area contributed by atoms with Crippen LogP contribution in [0.4, 0.5) is 4.79 Å². The summed E-state index contributed by atoms with van der Waals surface area (Å²) in [5.74, 6) is -0.211. The second-order valence-electron chi connectivity index (χ2n) is 7.01. The second kappa shape index (κ2) is 8.29. The highest BCUT2D eigenvalue weighted by molar-refractivity contribution is 5.96. The molecule has 6 heteroatoms. The minimum absolute atomic E-state index is 0.211. The molecular weight excluding hydrogens is 328 g/mol. The van der Waals surface area contributed by atoms with Crippen molar-refractivity contribution < 1.29 is 19.4 Å². The molecule has 138 valence electrons. The molecule has 4 N–H and O–H groups in total. The number of urea groups is 1. The Hall–Kier alpha value is -2.44. The average molecular weight is 356 g/mol. The van der Waals surface area contributed by atoms with E-state index in [1.165, 1.54) is 28.3 Å². The van der Waals surface area contributed by atoms with Gasteiger partial charge in [-0.3, -0.25) is 10.1 Å². The van der Waals surface area contributed by atoms with E-state index in [4.69, 9.17) is 0 Å². The van der Waals surface area contributed by atoms with E-state index in [0.717, 1.165) is 32.7 Å². The molecule has 2 aromatic carbocycles. The molecule has 1 aliphatic heterocycles. The summed E-state index contributed by atoms with van der Waals surface area (Å²) in [4.78, 5) is 26.2. The van der Waals surface area contributed by atoms with Crippen molar-refractivity contribution in [2.75, 3.05) is 33.2 Å². The van der Waals surface area contributed by atoms with Gasteiger partial charge in [-0.25, -0.2) is 4.79 Å². The highest BCUT2D eigenvalue weighted by atomic mass is 16.2. The van der Waals surface area contributed by atoms with Gasteiger partial charge in [-0.1, -0.05) is 42.5 Å². The monoisotopic (exact) mass is 356 g/mol. The van der Waals surface area contributed by atoms with Crippen LogP contribution in [0.3, 0.4) is 0 Å². The minimum atomic E-state index is -0.443. The van der Waals surface area contributed by atoms with E-state index in [1.807, 2.05) is 6.92 Å². The van der Waals surface area contributed by atoms with Crippen LogP contribution in [0, 0.1) is 0 Å². The van der Waals surface area contributed by atoms with Crippen molar-refractivity contribution in [2.45, 2.75) is 19.5 Å². The smallest absolute Gasteiger partial charge is 0.321 e. The van der Waals surface area contributed by atoms with E-state index < -0.39 is 6.03 Å². The molecule has 6 nitrogen and oxygen atoms in total. The van der Waals surface area contributed by atoms with Gasteiger partial charge in [0.1, 0.15) is 32.7 Å². The third-order valence-electron chi connectivity index (χ3n) is 5.39. The average Bonchev–Trinajstić information content (AvgIpc) is 2.68. The molecule has 26 heavy (non-hydrogen) atoms. The normalized spacial score (nSPS) is 21.2. The molecule has 0 spiro atoms. The van der Waals surface area contributed by atoms with Crippen LogP contribution >= 0.6 is 0 Å². The highest BCUT2D eigenvalue weighted by Gasteiger charge is 2.31. The van der Waals surface area contributed by atoms with Crippen LogP contribution in [0.1, 0.15) is 12.5 Å². The molecule has 1 atom stereocenters. The Morgan fingerprint density at radius 1 is 1.04 bits per heavy atom. The van der Waals surface area contributed by atoms with E-state index >= 15 is 0 Å². The first-order valence-corrected chi connectivity index (χ1v) is 9.26. The standard InChI is InChI=1S/C20H26N4O2/c1-15(19(25)22-20(26)21-2)24-12-10-23(11-13-24)14-17-8-5-7-16-6-3-4-9-18(16)17/h3-9,15H,10-14H2,1-2H3,(H2,21,22,25,26)/p+2/t15-/m1/s1. The Morgan fingerprint density at radius 3 is 2.46 bits per heavy atom. The van der Waals surface area contributed by atoms with Gasteiger partial charge >= 0.3 is 6.03 Å². The Kier molecular flexibility index (Phi) is 5.85. The number of hydrogen-bond acceptors (Lipinski definition) is 2. The molecule has 1 heterocycles. The number of piperazine rings is 1. The van der Waals surface area contributed by atoms with Crippen LogP contribution in [0.25, 0.3) is 10.8 Å². The highest BCUT2D eigenvalue weighted by Crippen LogP contribution is 2.17. The molecule has 0 saturated carbocycles. The molecule has 0 radical (unpaired) electrons. The first kappa shape index (κ1) is 18.4. The minimum Gasteiger partial charge on any atom is -0.341 e. The predicted octanol–water partition coefficient (Wildman–Crippen LogP) is -1.03. The Morgan fingerprint density at radius 2 is 1.73 bits per heavy atom. The number of amides is 3. The summed E-state index contributed by atoms with van der Waals surface area (Å²) in [6, 6.07) is 14.4. The topological polar surface area (TPSA) is 67.1 Å². The molecule has 1 saturated heterocycles. The number of rotatable bonds is 4. The summed E-state index contributed by atoms with van der Waals surface area (Å²) in [5.41, 5.74) is 1.38. The van der Waals surface area contributed by atoms with Gasteiger partial charge in [-0.2, -0.15) is 0 Å². The number of carbonyl (C=O) groups is 2. The van der Waals surface area contributed by atoms with Gasteiger partial charge in [0.15, 0.2) is 6.04 Å². The van der Waals surface area contributed by atoms with Crippen LogP contribution in [0.5, 0.6) is 0 Å². The molecule has 0 unspecified atom stereocenters. The lowest BCUT2D eigenvalue weighted by Gasteiger charge is -2.32. The van der Waals surface area contributed by atoms with E-state index in [9.17, 15) is 9.59 Å². The van der Waals surface area contributed by atoms with Gasteiger partial charge < -0.3 is 15.1 Å². The van der Waals surface area contributed by atoms with Crippen LogP contribution in [0.2, 0.25) is 0 Å². The van der Waals surface area contributed by atoms with Gasteiger partial charge in [-0.15, -0.1) is 0 Å². The van der Waals surface area contributed by atoms with Crippen molar-refractivity contribution in [3.8, 4) is 0 Å². The van der Waals surface area contributed by atoms with E-state index in [1.54, 1.807) is 4.90 Å². The number of imide groups is 1. The first-order valence-electron chi connectivity index (χ1n) is 9.26. The van der Waals surface area contributed by atoms with Crippen molar-refractivity contribution in [3.05, 3.63) is 48.0 Å². The largest absolute Gasteiger partial charge is 0.341 e. The molecule has 3 amide bonds. The van der Waals surface area contributed by atoms with E-state index in [0.29, 0.717) is 0 Å². The van der Waals surface area contributed by atoms with Crippen LogP contribution < -0.4 is 20.4 Å². The van der Waals surface area contributed by atoms with E-state index in [2.05, 4.69) is 53.1 Å². The van der Waals surface area contributed by atoms with Crippen LogP contribution in [-0.2, 0) is 11.3 Å². The van der Waals surface area contributed by atoms with Gasteiger partial charge in [0.2, 0.25) is 0 Å². The number of carbonyl (C=O) groups excluding carboxylic acids is 2. The summed E-state index contributed by atoms with van der Waals surface area (Å²) in [6.07, 6.45) is 0. The summed E-state index contributed by atoms with van der Waals surface area (Å²) in [5, 5.41) is 7.41. The maximum absolute atomic E-state index is 12.1. The van der Waals surface area contributed by atoms with Crippen LogP contribution in [-0.4, -0.2) is 51.2 Å². The molecule has 3 rings (SSSR count). The maximum atomic E-state index is 12.1. The number of hydrogen-bond donors (Lipinski definition) is 4. The third kappa shape index (κ3) is 4.20. The van der Waals surface area contributed by atoms with Gasteiger partial charge in [-0.05, 0) is 17.7 Å². The number of fused-ring (bicyclic) bond motifs is 1. The summed E-state index contributed by atoms with van der Waals surface area (Å²) < 4.78 is 0. The van der Waals surface area contributed by atoms with Gasteiger partial charge in [0.05, 0.1) is 0 Å². The van der Waals surface area contributed by atoms with Gasteiger partial charge in [0, 0.05) is 12.6 Å². The molecule has 1 fully saturated rings. The zero-order valence-corrected chi connectivity index (χ0v) is 15.5. The fourth-order valence-corrected chi connectivity index (χ4v) is 3.72. The van der Waals surface area contributed by atoms with Crippen molar-refractivity contribution in [2.24, 2.45) is 0 Å². The number of quaternary nitrogens is 2. The maximum Gasteiger partial charge on any atom is 0.321 e. The van der Waals surface area contributed by atoms with Gasteiger partial charge in [0.25, 0.3) is 5.91 Å². The van der Waals surface area contributed by atoms with Crippen molar-refractivity contribution in [1.82, 2.24) is 10.6 Å². The Balaban J connectivity index is 1.57. The predicted molar refractivity (Wildman–Crippen MR) is 101 cm³/mol. The second-order valence-corrected chi connectivity index (χ2v) is 7.01. The fraction of sp³-hybridized carbons (Fsp3) is 0.400. The first-order chi connectivity index (χ1) is 12.6. The SMILES string of the molecule is CNC(=O)NC(=O)[C@@H](C)[NH+]1CC[NH+](Cc2cccc3ccccc23)CC1. The quantitative estimate of drug-likeness (QED) is 0.566. The zero-order valence-electron chi connectivity index (χ0n) is 15.5. The molecule has 2 aromatic rings. The molecule has 1 aliphatic rings. The van der Waals surface area contributed by atoms with E-state index in [-0.39, 0.29) is 11.9 Å². The lowest BCUT2D eigenvalue weighted by atomic mass is 10.0. The lowest BCUT2D eigenvalue weighted by Crippen LogP contribution is -3.29.